The highest BCUT2D eigenvalue weighted by Crippen LogP contribution is 2.48. The molecule has 24 heavy (non-hydrogen) atoms. The first-order valence-electron chi connectivity index (χ1n) is 7.47. The number of ether oxygens (including phenoxy) is 3. The molecular formula is C18H12O6. The molecule has 0 saturated heterocycles. The molecule has 2 atom stereocenters. The molecule has 0 amide bonds. The van der Waals surface area contributed by atoms with E-state index in [4.69, 9.17) is 18.6 Å². The SMILES string of the molecule is COc1cc2c(c3oc4cccc(O)c4c(=O)c13)C1OC=CC1O2. The van der Waals surface area contributed by atoms with Crippen LogP contribution in [0.2, 0.25) is 0 Å². The van der Waals surface area contributed by atoms with Crippen LogP contribution in [0, 0.1) is 0 Å². The normalized spacial score (nSPS) is 20.7. The molecule has 0 fully saturated rings. The summed E-state index contributed by atoms with van der Waals surface area (Å²) in [6, 6.07) is 6.38. The molecule has 2 unspecified atom stereocenters. The highest BCUT2D eigenvalue weighted by molar-refractivity contribution is 5.98. The second-order valence-corrected chi connectivity index (χ2v) is 5.74. The number of rotatable bonds is 1. The van der Waals surface area contributed by atoms with Crippen LogP contribution in [-0.4, -0.2) is 18.3 Å². The van der Waals surface area contributed by atoms with E-state index in [0.717, 1.165) is 0 Å². The van der Waals surface area contributed by atoms with Crippen LogP contribution in [0.1, 0.15) is 11.7 Å². The van der Waals surface area contributed by atoms with Gasteiger partial charge in [0.1, 0.15) is 33.6 Å². The fourth-order valence-electron chi connectivity index (χ4n) is 3.41. The summed E-state index contributed by atoms with van der Waals surface area (Å²) in [4.78, 5) is 13.0. The average Bonchev–Trinajstić information content (AvgIpc) is 3.14. The average molecular weight is 324 g/mol. The molecule has 3 heterocycles. The van der Waals surface area contributed by atoms with Crippen LogP contribution in [0.5, 0.6) is 17.2 Å². The van der Waals surface area contributed by atoms with E-state index >= 15 is 0 Å². The summed E-state index contributed by atoms with van der Waals surface area (Å²) >= 11 is 0. The number of fused-ring (bicyclic) bond motifs is 6. The molecule has 0 saturated carbocycles. The van der Waals surface area contributed by atoms with Crippen LogP contribution in [0.3, 0.4) is 0 Å². The van der Waals surface area contributed by atoms with Gasteiger partial charge in [0.25, 0.3) is 0 Å². The fraction of sp³-hybridized carbons (Fsp3) is 0.167. The zero-order valence-corrected chi connectivity index (χ0v) is 12.6. The Morgan fingerprint density at radius 3 is 2.96 bits per heavy atom. The summed E-state index contributed by atoms with van der Waals surface area (Å²) in [5, 5.41) is 10.5. The third kappa shape index (κ3) is 1.52. The van der Waals surface area contributed by atoms with Gasteiger partial charge in [-0.2, -0.15) is 0 Å². The Balaban J connectivity index is 1.98. The largest absolute Gasteiger partial charge is 0.507 e. The molecule has 0 radical (unpaired) electrons. The van der Waals surface area contributed by atoms with E-state index in [1.807, 2.05) is 6.08 Å². The number of phenols is 1. The lowest BCUT2D eigenvalue weighted by Gasteiger charge is -2.12. The van der Waals surface area contributed by atoms with Crippen LogP contribution >= 0.6 is 0 Å². The maximum absolute atomic E-state index is 13.0. The number of methoxy groups -OCH3 is 1. The van der Waals surface area contributed by atoms with Crippen molar-refractivity contribution in [2.45, 2.75) is 12.2 Å². The summed E-state index contributed by atoms with van der Waals surface area (Å²) in [5.74, 6) is 0.784. The van der Waals surface area contributed by atoms with Crippen molar-refractivity contribution in [1.29, 1.82) is 0 Å². The van der Waals surface area contributed by atoms with Gasteiger partial charge in [-0.15, -0.1) is 0 Å². The molecule has 0 aliphatic carbocycles. The molecule has 1 aromatic heterocycles. The minimum absolute atomic E-state index is 0.126. The summed E-state index contributed by atoms with van der Waals surface area (Å²) in [6.07, 6.45) is 2.79. The highest BCUT2D eigenvalue weighted by atomic mass is 16.6. The van der Waals surface area contributed by atoms with Gasteiger partial charge in [0.15, 0.2) is 17.8 Å². The maximum Gasteiger partial charge on any atom is 0.208 e. The molecule has 0 bridgehead atoms. The van der Waals surface area contributed by atoms with E-state index in [9.17, 15) is 9.90 Å². The second kappa shape index (κ2) is 4.44. The number of benzene rings is 2. The number of hydrogen-bond donors (Lipinski definition) is 1. The molecule has 6 nitrogen and oxygen atoms in total. The number of aromatic hydroxyl groups is 1. The van der Waals surface area contributed by atoms with Crippen molar-refractivity contribution in [1.82, 2.24) is 0 Å². The Bertz CT molecular complexity index is 1090. The van der Waals surface area contributed by atoms with E-state index in [1.54, 1.807) is 24.5 Å². The Labute approximate surface area is 135 Å². The minimum atomic E-state index is -0.355. The minimum Gasteiger partial charge on any atom is -0.507 e. The van der Waals surface area contributed by atoms with Gasteiger partial charge in [-0.25, -0.2) is 0 Å². The smallest absolute Gasteiger partial charge is 0.208 e. The summed E-state index contributed by atoms with van der Waals surface area (Å²) in [7, 11) is 1.47. The van der Waals surface area contributed by atoms with E-state index in [0.29, 0.717) is 28.2 Å². The molecule has 6 heteroatoms. The standard InChI is InChI=1S/C18H12O6/c1-21-11-7-12-15(17-10(23-12)5-6-22-17)18-14(11)16(20)13-8(19)3-2-4-9(13)24-18/h2-7,10,17,19H,1H3. The third-order valence-corrected chi connectivity index (χ3v) is 4.48. The molecule has 2 aliphatic heterocycles. The van der Waals surface area contributed by atoms with E-state index in [2.05, 4.69) is 0 Å². The molecule has 0 spiro atoms. The first kappa shape index (κ1) is 13.3. The lowest BCUT2D eigenvalue weighted by molar-refractivity contribution is 0.109. The Kier molecular flexibility index (Phi) is 2.46. The number of phenolic OH excluding ortho intramolecular Hbond substituents is 1. The Morgan fingerprint density at radius 1 is 1.25 bits per heavy atom. The van der Waals surface area contributed by atoms with Crippen LogP contribution in [0.25, 0.3) is 21.9 Å². The van der Waals surface area contributed by atoms with Gasteiger partial charge in [-0.3, -0.25) is 4.79 Å². The molecule has 1 N–H and O–H groups in total. The Morgan fingerprint density at radius 2 is 2.12 bits per heavy atom. The summed E-state index contributed by atoms with van der Waals surface area (Å²) in [6.45, 7) is 0. The topological polar surface area (TPSA) is 78.1 Å². The maximum atomic E-state index is 13.0. The van der Waals surface area contributed by atoms with Crippen LogP contribution in [0.4, 0.5) is 0 Å². The lowest BCUT2D eigenvalue weighted by atomic mass is 10.0. The fourth-order valence-corrected chi connectivity index (χ4v) is 3.41. The van der Waals surface area contributed by atoms with Crippen molar-refractivity contribution in [3.8, 4) is 17.2 Å². The predicted octanol–water partition coefficient (Wildman–Crippen LogP) is 3.01. The van der Waals surface area contributed by atoms with Crippen LogP contribution < -0.4 is 14.9 Å². The van der Waals surface area contributed by atoms with Crippen LogP contribution in [0.15, 0.2) is 45.8 Å². The molecule has 2 aromatic carbocycles. The van der Waals surface area contributed by atoms with E-state index in [-0.39, 0.29) is 34.2 Å². The van der Waals surface area contributed by atoms with Crippen molar-refractivity contribution in [3.63, 3.8) is 0 Å². The van der Waals surface area contributed by atoms with Crippen molar-refractivity contribution in [3.05, 3.63) is 52.4 Å². The zero-order chi connectivity index (χ0) is 16.4. The van der Waals surface area contributed by atoms with Gasteiger partial charge < -0.3 is 23.7 Å². The van der Waals surface area contributed by atoms with Gasteiger partial charge in [0, 0.05) is 6.07 Å². The van der Waals surface area contributed by atoms with E-state index < -0.39 is 0 Å². The quantitative estimate of drug-likeness (QED) is 0.693. The van der Waals surface area contributed by atoms with Crippen molar-refractivity contribution >= 4 is 21.9 Å². The van der Waals surface area contributed by atoms with E-state index in [1.165, 1.54) is 13.2 Å². The van der Waals surface area contributed by atoms with Gasteiger partial charge in [0.2, 0.25) is 5.43 Å². The summed E-state index contributed by atoms with van der Waals surface area (Å²) in [5.41, 5.74) is 1.00. The third-order valence-electron chi connectivity index (χ3n) is 4.48. The zero-order valence-electron chi connectivity index (χ0n) is 12.6. The predicted molar refractivity (Wildman–Crippen MR) is 85.6 cm³/mol. The first-order chi connectivity index (χ1) is 11.7. The van der Waals surface area contributed by atoms with Crippen molar-refractivity contribution in [2.24, 2.45) is 0 Å². The monoisotopic (exact) mass is 324 g/mol. The van der Waals surface area contributed by atoms with Crippen molar-refractivity contribution < 1.29 is 23.7 Å². The van der Waals surface area contributed by atoms with Gasteiger partial charge in [-0.05, 0) is 18.2 Å². The van der Waals surface area contributed by atoms with Crippen molar-refractivity contribution in [2.75, 3.05) is 7.11 Å². The molecule has 3 aromatic rings. The second-order valence-electron chi connectivity index (χ2n) is 5.74. The summed E-state index contributed by atoms with van der Waals surface area (Å²) < 4.78 is 22.8. The lowest BCUT2D eigenvalue weighted by Crippen LogP contribution is -2.12. The van der Waals surface area contributed by atoms with Gasteiger partial charge in [-0.1, -0.05) is 6.07 Å². The highest BCUT2D eigenvalue weighted by Gasteiger charge is 2.41. The molecule has 120 valence electrons. The molecular weight excluding hydrogens is 312 g/mol. The van der Waals surface area contributed by atoms with Crippen LogP contribution in [-0.2, 0) is 4.74 Å². The van der Waals surface area contributed by atoms with Gasteiger partial charge in [0.05, 0.1) is 18.9 Å². The van der Waals surface area contributed by atoms with Gasteiger partial charge >= 0.3 is 0 Å². The number of hydrogen-bond acceptors (Lipinski definition) is 6. The molecule has 2 aliphatic rings. The Hall–Kier alpha value is -3.15. The first-order valence-corrected chi connectivity index (χ1v) is 7.47. The molecule has 5 rings (SSSR count).